The van der Waals surface area contributed by atoms with Crippen LogP contribution in [0.3, 0.4) is 0 Å². The van der Waals surface area contributed by atoms with E-state index in [2.05, 4.69) is 58.1 Å². The number of hydrazone groups is 1. The first kappa shape index (κ1) is 30.8. The molecule has 1 amide bonds. The fourth-order valence-electron chi connectivity index (χ4n) is 7.05. The van der Waals surface area contributed by atoms with Crippen LogP contribution in [0.25, 0.3) is 6.08 Å². The third-order valence-corrected chi connectivity index (χ3v) is 9.73. The molecule has 232 valence electrons. The molecule has 10 nitrogen and oxygen atoms in total. The van der Waals surface area contributed by atoms with Crippen molar-refractivity contribution in [1.82, 2.24) is 20.5 Å². The summed E-state index contributed by atoms with van der Waals surface area (Å²) in [5.74, 6) is 0.562. The lowest BCUT2D eigenvalue weighted by atomic mass is 9.74. The van der Waals surface area contributed by atoms with Crippen molar-refractivity contribution in [2.24, 2.45) is 16.9 Å². The SMILES string of the molecule is CC1C[C@@H]2NN=C(/C=C/c3cccc(N[C@@H](O)OCCC4CCCN4C)c3)C2CC1NC(=O)OCCC1CCCN1C. The summed E-state index contributed by atoms with van der Waals surface area (Å²) in [5.41, 5.74) is 6.11. The molecule has 3 fully saturated rings. The van der Waals surface area contributed by atoms with Gasteiger partial charge in [-0.3, -0.25) is 0 Å². The minimum atomic E-state index is -1.05. The Labute approximate surface area is 250 Å². The van der Waals surface area contributed by atoms with Crippen LogP contribution in [-0.2, 0) is 9.47 Å². The molecule has 4 aliphatic rings. The summed E-state index contributed by atoms with van der Waals surface area (Å²) in [6.45, 7) is 5.43. The maximum absolute atomic E-state index is 12.6. The second kappa shape index (κ2) is 14.7. The van der Waals surface area contributed by atoms with Crippen molar-refractivity contribution in [2.75, 3.05) is 45.7 Å². The van der Waals surface area contributed by atoms with Gasteiger partial charge in [-0.15, -0.1) is 0 Å². The Bertz CT molecular complexity index is 1100. The van der Waals surface area contributed by atoms with Crippen LogP contribution in [0.5, 0.6) is 0 Å². The van der Waals surface area contributed by atoms with Gasteiger partial charge in [-0.2, -0.15) is 5.10 Å². The average Bonchev–Trinajstić information content (AvgIpc) is 3.68. The van der Waals surface area contributed by atoms with E-state index in [1.807, 2.05) is 30.3 Å². The molecule has 1 aliphatic carbocycles. The fraction of sp³-hybridized carbons (Fsp3) is 0.688. The molecule has 7 atom stereocenters. The highest BCUT2D eigenvalue weighted by Gasteiger charge is 2.40. The number of ether oxygens (including phenoxy) is 2. The van der Waals surface area contributed by atoms with E-state index in [1.165, 1.54) is 25.7 Å². The lowest BCUT2D eigenvalue weighted by Crippen LogP contribution is -2.49. The van der Waals surface area contributed by atoms with Crippen LogP contribution in [0.2, 0.25) is 0 Å². The number of benzene rings is 1. The number of fused-ring (bicyclic) bond motifs is 1. The van der Waals surface area contributed by atoms with Crippen LogP contribution in [0.15, 0.2) is 35.4 Å². The zero-order chi connectivity index (χ0) is 29.5. The second-order valence-electron chi connectivity index (χ2n) is 12.7. The summed E-state index contributed by atoms with van der Waals surface area (Å²) < 4.78 is 11.2. The number of carbonyl (C=O) groups excluding carboxylic acids is 1. The third-order valence-electron chi connectivity index (χ3n) is 9.73. The zero-order valence-electron chi connectivity index (χ0n) is 25.5. The van der Waals surface area contributed by atoms with E-state index in [9.17, 15) is 9.90 Å². The van der Waals surface area contributed by atoms with Crippen molar-refractivity contribution in [3.8, 4) is 0 Å². The smallest absolute Gasteiger partial charge is 0.407 e. The number of allylic oxidation sites excluding steroid dienone is 1. The lowest BCUT2D eigenvalue weighted by Gasteiger charge is -2.36. The highest BCUT2D eigenvalue weighted by atomic mass is 16.6. The maximum atomic E-state index is 12.6. The van der Waals surface area contributed by atoms with E-state index in [0.717, 1.165) is 55.7 Å². The van der Waals surface area contributed by atoms with Gasteiger partial charge in [0.25, 0.3) is 0 Å². The van der Waals surface area contributed by atoms with Gasteiger partial charge in [-0.1, -0.05) is 25.1 Å². The number of likely N-dealkylation sites (tertiary alicyclic amines) is 2. The van der Waals surface area contributed by atoms with Crippen molar-refractivity contribution in [3.63, 3.8) is 0 Å². The van der Waals surface area contributed by atoms with Gasteiger partial charge >= 0.3 is 6.09 Å². The van der Waals surface area contributed by atoms with Crippen molar-refractivity contribution in [3.05, 3.63) is 35.9 Å². The molecule has 2 saturated heterocycles. The Morgan fingerprint density at radius 1 is 1.12 bits per heavy atom. The Balaban J connectivity index is 1.07. The summed E-state index contributed by atoms with van der Waals surface area (Å²) in [7, 11) is 4.30. The lowest BCUT2D eigenvalue weighted by molar-refractivity contribution is -0.0817. The van der Waals surface area contributed by atoms with Gasteiger partial charge in [0.2, 0.25) is 6.41 Å². The van der Waals surface area contributed by atoms with Gasteiger partial charge in [0.05, 0.1) is 25.0 Å². The van der Waals surface area contributed by atoms with E-state index in [0.29, 0.717) is 31.2 Å². The van der Waals surface area contributed by atoms with E-state index in [4.69, 9.17) is 9.47 Å². The molecule has 3 aliphatic heterocycles. The van der Waals surface area contributed by atoms with Crippen LogP contribution in [0.4, 0.5) is 10.5 Å². The molecule has 4 N–H and O–H groups in total. The number of alkyl carbamates (subject to hydrolysis) is 1. The van der Waals surface area contributed by atoms with Crippen LogP contribution in [0, 0.1) is 11.8 Å². The molecule has 0 bridgehead atoms. The van der Waals surface area contributed by atoms with Crippen molar-refractivity contribution >= 4 is 23.6 Å². The third kappa shape index (κ3) is 8.24. The molecule has 3 heterocycles. The van der Waals surface area contributed by atoms with Crippen LogP contribution < -0.4 is 16.1 Å². The summed E-state index contributed by atoms with van der Waals surface area (Å²) in [6.07, 6.45) is 11.2. The van der Waals surface area contributed by atoms with Crippen LogP contribution >= 0.6 is 0 Å². The first-order chi connectivity index (χ1) is 20.4. The van der Waals surface area contributed by atoms with E-state index in [1.54, 1.807) is 0 Å². The molecule has 5 rings (SSSR count). The molecular weight excluding hydrogens is 532 g/mol. The fourth-order valence-corrected chi connectivity index (χ4v) is 7.05. The predicted molar refractivity (Wildman–Crippen MR) is 166 cm³/mol. The van der Waals surface area contributed by atoms with Gasteiger partial charge in [0.1, 0.15) is 0 Å². The first-order valence-electron chi connectivity index (χ1n) is 15.9. The Hall–Kier alpha value is -2.66. The highest BCUT2D eigenvalue weighted by molar-refractivity contribution is 6.01. The minimum absolute atomic E-state index is 0.0505. The number of hydrogen-bond donors (Lipinski definition) is 4. The van der Waals surface area contributed by atoms with Crippen LogP contribution in [-0.4, -0.2) is 97.7 Å². The molecule has 0 radical (unpaired) electrons. The largest absolute Gasteiger partial charge is 0.449 e. The number of carbonyl (C=O) groups is 1. The summed E-state index contributed by atoms with van der Waals surface area (Å²) in [4.78, 5) is 17.3. The second-order valence-corrected chi connectivity index (χ2v) is 12.7. The Morgan fingerprint density at radius 2 is 1.86 bits per heavy atom. The zero-order valence-corrected chi connectivity index (χ0v) is 25.5. The summed E-state index contributed by atoms with van der Waals surface area (Å²) in [6, 6.07) is 9.27. The average molecular weight is 583 g/mol. The van der Waals surface area contributed by atoms with E-state index < -0.39 is 6.41 Å². The number of rotatable bonds is 12. The maximum Gasteiger partial charge on any atom is 0.407 e. The Kier molecular flexibility index (Phi) is 10.8. The van der Waals surface area contributed by atoms with Crippen molar-refractivity contribution in [1.29, 1.82) is 0 Å². The number of anilines is 1. The molecule has 0 spiro atoms. The number of aliphatic hydroxyl groups is 1. The van der Waals surface area contributed by atoms with Gasteiger partial charge in [0.15, 0.2) is 0 Å². The molecule has 10 heteroatoms. The standard InChI is InChI=1S/C32H50N6O4/c1-22-19-30-27(21-29(22)34-32(40)42-18-14-26-10-6-16-38(26)3)28(35-36-30)12-11-23-7-4-8-24(20-23)33-31(39)41-17-13-25-9-5-15-37(25)2/h4,7-8,11-12,20,22,25-27,29-31,33,36,39H,5-6,9-10,13-19,21H2,1-3H3,(H,34,40)/b12-11+/t22?,25?,26?,27?,29?,30-,31-/m0/s1. The molecule has 1 saturated carbocycles. The van der Waals surface area contributed by atoms with E-state index in [-0.39, 0.29) is 24.1 Å². The van der Waals surface area contributed by atoms with Crippen molar-refractivity contribution in [2.45, 2.75) is 88.9 Å². The normalized spacial score (nSPS) is 30.6. The number of nitrogens with zero attached hydrogens (tertiary/aromatic N) is 3. The summed E-state index contributed by atoms with van der Waals surface area (Å²) in [5, 5.41) is 21.2. The number of nitrogens with one attached hydrogen (secondary N) is 3. The van der Waals surface area contributed by atoms with Gasteiger partial charge in [-0.25, -0.2) is 4.79 Å². The predicted octanol–water partition coefficient (Wildman–Crippen LogP) is 3.84. The van der Waals surface area contributed by atoms with E-state index >= 15 is 0 Å². The number of amides is 1. The van der Waals surface area contributed by atoms with Gasteiger partial charge in [-0.05, 0) is 108 Å². The Morgan fingerprint density at radius 3 is 2.57 bits per heavy atom. The van der Waals surface area contributed by atoms with Crippen LogP contribution in [0.1, 0.15) is 63.9 Å². The van der Waals surface area contributed by atoms with Gasteiger partial charge in [0, 0.05) is 29.7 Å². The first-order valence-corrected chi connectivity index (χ1v) is 15.9. The molecule has 0 aromatic heterocycles. The molecule has 1 aromatic carbocycles. The molecule has 5 unspecified atom stereocenters. The topological polar surface area (TPSA) is 111 Å². The quantitative estimate of drug-likeness (QED) is 0.275. The highest BCUT2D eigenvalue weighted by Crippen LogP contribution is 2.34. The minimum Gasteiger partial charge on any atom is -0.449 e. The molecule has 42 heavy (non-hydrogen) atoms. The van der Waals surface area contributed by atoms with Gasteiger partial charge < -0.3 is 40.4 Å². The number of hydrogen-bond acceptors (Lipinski definition) is 9. The number of aliphatic hydroxyl groups excluding tert-OH is 1. The summed E-state index contributed by atoms with van der Waals surface area (Å²) >= 11 is 0. The van der Waals surface area contributed by atoms with Crippen molar-refractivity contribution < 1.29 is 19.4 Å². The monoisotopic (exact) mass is 582 g/mol. The molecular formula is C32H50N6O4. The molecule has 1 aromatic rings.